The van der Waals surface area contributed by atoms with Crippen molar-refractivity contribution >= 4 is 25.7 Å². The van der Waals surface area contributed by atoms with Crippen molar-refractivity contribution in [3.63, 3.8) is 0 Å². The molecule has 0 aliphatic heterocycles. The number of carbonyl (C=O) groups is 1. The molecule has 0 atom stereocenters. The first-order valence-electron chi connectivity index (χ1n) is 11.7. The van der Waals surface area contributed by atoms with E-state index < -0.39 is 25.7 Å². The monoisotopic (exact) mass is 491 g/mol. The van der Waals surface area contributed by atoms with Gasteiger partial charge in [-0.15, -0.1) is 0 Å². The molecular formula is C24H51O2Sn. The van der Waals surface area contributed by atoms with Crippen LogP contribution in [0.4, 0.5) is 0 Å². The Kier molecular flexibility index (Phi) is 22.9. The van der Waals surface area contributed by atoms with Crippen molar-refractivity contribution in [1.29, 1.82) is 0 Å². The first kappa shape index (κ1) is 29.5. The average Bonchev–Trinajstić information content (AvgIpc) is 2.51. The van der Waals surface area contributed by atoms with Gasteiger partial charge in [-0.05, 0) is 6.42 Å². The quantitative estimate of drug-likeness (QED) is 0.174. The molecule has 0 fully saturated rings. The Morgan fingerprint density at radius 1 is 0.667 bits per heavy atom. The van der Waals surface area contributed by atoms with E-state index in [1.165, 1.54) is 44.9 Å². The van der Waals surface area contributed by atoms with Crippen LogP contribution in [0.2, 0.25) is 13.3 Å². The van der Waals surface area contributed by atoms with Crippen molar-refractivity contribution in [2.75, 3.05) is 0 Å². The van der Waals surface area contributed by atoms with Gasteiger partial charge in [0, 0.05) is 6.42 Å². The molecule has 0 saturated carbocycles. The number of hydrogen-bond acceptors (Lipinski definition) is 1. The van der Waals surface area contributed by atoms with Crippen LogP contribution >= 0.6 is 0 Å². The topological polar surface area (TPSA) is 37.3 Å². The van der Waals surface area contributed by atoms with Crippen LogP contribution in [0.5, 0.6) is 0 Å². The zero-order valence-electron chi connectivity index (χ0n) is 19.8. The SMILES string of the molecule is CC(C)[CH2][Sn]([CH2]C(C)C)[CH2]C(C)C.CCCCCCCCCCCC(=O)O. The zero-order valence-corrected chi connectivity index (χ0v) is 22.6. The molecule has 1 N–H and O–H groups in total. The molecule has 0 aliphatic carbocycles. The summed E-state index contributed by atoms with van der Waals surface area (Å²) in [5.41, 5.74) is 0. The first-order valence-corrected chi connectivity index (χ1v) is 17.8. The summed E-state index contributed by atoms with van der Waals surface area (Å²) in [5, 5.41) is 8.41. The van der Waals surface area contributed by atoms with E-state index in [4.69, 9.17) is 5.11 Å². The van der Waals surface area contributed by atoms with Crippen LogP contribution in [0, 0.1) is 17.8 Å². The number of unbranched alkanes of at least 4 members (excludes halogenated alkanes) is 8. The van der Waals surface area contributed by atoms with Crippen LogP contribution < -0.4 is 0 Å². The predicted molar refractivity (Wildman–Crippen MR) is 124 cm³/mol. The van der Waals surface area contributed by atoms with Crippen LogP contribution in [-0.4, -0.2) is 30.8 Å². The second-order valence-corrected chi connectivity index (χ2v) is 17.3. The van der Waals surface area contributed by atoms with Crippen LogP contribution in [0.1, 0.15) is 113 Å². The van der Waals surface area contributed by atoms with Crippen LogP contribution in [0.3, 0.4) is 0 Å². The maximum Gasteiger partial charge on any atom is 0.303 e. The normalized spacial score (nSPS) is 11.4. The Labute approximate surface area is 179 Å². The molecule has 0 amide bonds. The molecule has 27 heavy (non-hydrogen) atoms. The van der Waals surface area contributed by atoms with Crippen molar-refractivity contribution in [1.82, 2.24) is 0 Å². The van der Waals surface area contributed by atoms with E-state index in [1.54, 1.807) is 13.3 Å². The van der Waals surface area contributed by atoms with E-state index in [-0.39, 0.29) is 0 Å². The molecule has 0 aromatic rings. The van der Waals surface area contributed by atoms with Crippen molar-refractivity contribution in [2.45, 2.75) is 126 Å². The van der Waals surface area contributed by atoms with Gasteiger partial charge in [0.1, 0.15) is 0 Å². The summed E-state index contributed by atoms with van der Waals surface area (Å²) in [6.07, 6.45) is 11.5. The van der Waals surface area contributed by atoms with Crippen molar-refractivity contribution < 1.29 is 9.90 Å². The number of aliphatic carboxylic acids is 1. The van der Waals surface area contributed by atoms with Crippen LogP contribution in [0.15, 0.2) is 0 Å². The number of carboxylic acid groups (broad SMARTS) is 1. The Morgan fingerprint density at radius 2 is 1.00 bits per heavy atom. The van der Waals surface area contributed by atoms with Gasteiger partial charge in [-0.3, -0.25) is 4.79 Å². The van der Waals surface area contributed by atoms with Gasteiger partial charge >= 0.3 is 98.3 Å². The largest absolute Gasteiger partial charge is 0.481 e. The number of rotatable bonds is 16. The minimum atomic E-state index is -0.976. The summed E-state index contributed by atoms with van der Waals surface area (Å²) in [6, 6.07) is 0. The Morgan fingerprint density at radius 3 is 1.30 bits per heavy atom. The van der Waals surface area contributed by atoms with Crippen molar-refractivity contribution in [3.05, 3.63) is 0 Å². The molecule has 2 nitrogen and oxygen atoms in total. The van der Waals surface area contributed by atoms with Gasteiger partial charge in [-0.25, -0.2) is 0 Å². The minimum absolute atomic E-state index is 0.343. The second kappa shape index (κ2) is 21.0. The molecule has 1 radical (unpaired) electrons. The van der Waals surface area contributed by atoms with Gasteiger partial charge < -0.3 is 5.11 Å². The summed E-state index contributed by atoms with van der Waals surface area (Å²) >= 11 is -0.976. The molecule has 0 saturated heterocycles. The van der Waals surface area contributed by atoms with Gasteiger partial charge in [0.25, 0.3) is 0 Å². The Hall–Kier alpha value is 0.269. The third-order valence-electron chi connectivity index (χ3n) is 4.58. The molecule has 163 valence electrons. The molecule has 0 spiro atoms. The van der Waals surface area contributed by atoms with Gasteiger partial charge in [-0.2, -0.15) is 0 Å². The predicted octanol–water partition coefficient (Wildman–Crippen LogP) is 8.44. The fourth-order valence-electron chi connectivity index (χ4n) is 3.57. The van der Waals surface area contributed by atoms with E-state index in [2.05, 4.69) is 48.5 Å². The van der Waals surface area contributed by atoms with Crippen LogP contribution in [0.25, 0.3) is 0 Å². The average molecular weight is 490 g/mol. The van der Waals surface area contributed by atoms with Crippen molar-refractivity contribution in [3.8, 4) is 0 Å². The summed E-state index contributed by atoms with van der Waals surface area (Å²) in [5.74, 6) is 2.19. The fraction of sp³-hybridized carbons (Fsp3) is 0.958. The summed E-state index contributed by atoms with van der Waals surface area (Å²) in [4.78, 5) is 10.2. The molecule has 0 aromatic carbocycles. The molecule has 3 heteroatoms. The molecule has 0 unspecified atom stereocenters. The van der Waals surface area contributed by atoms with Crippen molar-refractivity contribution in [2.24, 2.45) is 17.8 Å². The Bertz CT molecular complexity index is 290. The molecule has 0 bridgehead atoms. The third-order valence-corrected chi connectivity index (χ3v) is 16.5. The summed E-state index contributed by atoms with van der Waals surface area (Å²) < 4.78 is 4.83. The maximum absolute atomic E-state index is 10.2. The first-order chi connectivity index (χ1) is 12.7. The van der Waals surface area contributed by atoms with Crippen LogP contribution in [-0.2, 0) is 4.79 Å². The molecular weight excluding hydrogens is 439 g/mol. The van der Waals surface area contributed by atoms with Gasteiger partial charge in [0.2, 0.25) is 0 Å². The molecule has 0 rings (SSSR count). The third kappa shape index (κ3) is 28.6. The fourth-order valence-corrected chi connectivity index (χ4v) is 14.9. The van der Waals surface area contributed by atoms with E-state index >= 15 is 0 Å². The Balaban J connectivity index is 0. The second-order valence-electron chi connectivity index (χ2n) is 9.52. The maximum atomic E-state index is 10.2. The van der Waals surface area contributed by atoms with E-state index in [1.807, 2.05) is 0 Å². The number of hydrogen-bond donors (Lipinski definition) is 1. The molecule has 0 aliphatic rings. The van der Waals surface area contributed by atoms with Gasteiger partial charge in [-0.1, -0.05) is 58.3 Å². The minimum Gasteiger partial charge on any atom is -0.481 e. The van der Waals surface area contributed by atoms with Gasteiger partial charge in [0.15, 0.2) is 0 Å². The summed E-state index contributed by atoms with van der Waals surface area (Å²) in [6.45, 7) is 16.6. The van der Waals surface area contributed by atoms with E-state index in [0.717, 1.165) is 30.6 Å². The summed E-state index contributed by atoms with van der Waals surface area (Å²) in [7, 11) is 0. The zero-order chi connectivity index (χ0) is 21.1. The smallest absolute Gasteiger partial charge is 0.303 e. The molecule has 0 heterocycles. The molecule has 0 aromatic heterocycles. The van der Waals surface area contributed by atoms with E-state index in [0.29, 0.717) is 6.42 Å². The van der Waals surface area contributed by atoms with Gasteiger partial charge in [0.05, 0.1) is 0 Å². The van der Waals surface area contributed by atoms with E-state index in [9.17, 15) is 4.79 Å². The standard InChI is InChI=1S/C12H24O2.3C4H9.Sn/c1-2-3-4-5-6-7-8-9-10-11-12(13)14;3*1-4(2)3;/h2-11H2,1H3,(H,13,14);3*4H,1H2,2-3H3;. The number of carboxylic acids is 1.